The predicted octanol–water partition coefficient (Wildman–Crippen LogP) is 6.88. The summed E-state index contributed by atoms with van der Waals surface area (Å²) in [4.78, 5) is 12.5. The van der Waals surface area contributed by atoms with Gasteiger partial charge in [0.2, 0.25) is 0 Å². The van der Waals surface area contributed by atoms with Crippen molar-refractivity contribution < 1.29 is 22.9 Å². The molecule has 1 aliphatic rings. The first-order valence-corrected chi connectivity index (χ1v) is 15.5. The number of carbonyl (C=O) groups is 1. The summed E-state index contributed by atoms with van der Waals surface area (Å²) in [5.74, 6) is -0.540. The van der Waals surface area contributed by atoms with Crippen molar-refractivity contribution in [3.8, 4) is 0 Å². The minimum atomic E-state index is -4.44. The van der Waals surface area contributed by atoms with Crippen LogP contribution in [0.4, 0.5) is 0 Å². The standard InChI is InChI=1S/C29H47NO5S/c1-2-3-4-5-6-7-8-9-10-11-12-13-14-15-16-19-24-30-28(31)29(32)23-22-27(36(33,34)35)25-20-17-18-21-26(25)29/h17-18,20-22,32H,2-16,19,23-24H2,1H3,(H,30,31)(H,33,34,35). The summed E-state index contributed by atoms with van der Waals surface area (Å²) in [6.07, 6.45) is 21.6. The summed E-state index contributed by atoms with van der Waals surface area (Å²) < 4.78 is 32.8. The van der Waals surface area contributed by atoms with E-state index in [9.17, 15) is 22.9 Å². The number of carbonyl (C=O) groups excluding carboxylic acids is 1. The van der Waals surface area contributed by atoms with Gasteiger partial charge < -0.3 is 10.4 Å². The van der Waals surface area contributed by atoms with E-state index in [1.165, 1.54) is 102 Å². The fourth-order valence-electron chi connectivity index (χ4n) is 5.00. The molecule has 1 amide bonds. The summed E-state index contributed by atoms with van der Waals surface area (Å²) in [7, 11) is -4.44. The number of amides is 1. The van der Waals surface area contributed by atoms with Gasteiger partial charge in [-0.3, -0.25) is 9.35 Å². The summed E-state index contributed by atoms with van der Waals surface area (Å²) in [5.41, 5.74) is -1.49. The van der Waals surface area contributed by atoms with Crippen molar-refractivity contribution in [1.29, 1.82) is 0 Å². The van der Waals surface area contributed by atoms with Crippen LogP contribution in [0.5, 0.6) is 0 Å². The van der Waals surface area contributed by atoms with E-state index >= 15 is 0 Å². The van der Waals surface area contributed by atoms with E-state index in [0.29, 0.717) is 6.54 Å². The molecule has 204 valence electrons. The number of hydrogen-bond acceptors (Lipinski definition) is 4. The van der Waals surface area contributed by atoms with Crippen molar-refractivity contribution >= 4 is 20.9 Å². The molecule has 1 unspecified atom stereocenters. The molecule has 1 aromatic carbocycles. The van der Waals surface area contributed by atoms with E-state index in [-0.39, 0.29) is 22.5 Å². The number of benzene rings is 1. The van der Waals surface area contributed by atoms with E-state index in [4.69, 9.17) is 0 Å². The Morgan fingerprint density at radius 3 is 1.81 bits per heavy atom. The first-order valence-electron chi connectivity index (χ1n) is 14.1. The second-order valence-electron chi connectivity index (χ2n) is 10.2. The Labute approximate surface area is 218 Å². The van der Waals surface area contributed by atoms with Crippen LogP contribution in [0, 0.1) is 0 Å². The third-order valence-electron chi connectivity index (χ3n) is 7.19. The molecule has 1 aromatic rings. The number of fused-ring (bicyclic) bond motifs is 1. The maximum absolute atomic E-state index is 12.8. The molecule has 0 fully saturated rings. The van der Waals surface area contributed by atoms with Gasteiger partial charge in [-0.2, -0.15) is 8.42 Å². The molecule has 3 N–H and O–H groups in total. The number of rotatable bonds is 19. The number of unbranched alkanes of at least 4 members (excludes halogenated alkanes) is 15. The van der Waals surface area contributed by atoms with E-state index in [2.05, 4.69) is 12.2 Å². The van der Waals surface area contributed by atoms with Crippen LogP contribution in [0.15, 0.2) is 30.3 Å². The lowest BCUT2D eigenvalue weighted by Crippen LogP contribution is -2.46. The first kappa shape index (κ1) is 30.5. The molecule has 6 nitrogen and oxygen atoms in total. The molecule has 0 saturated heterocycles. The van der Waals surface area contributed by atoms with E-state index in [1.54, 1.807) is 12.1 Å². The van der Waals surface area contributed by atoms with E-state index < -0.39 is 21.6 Å². The molecule has 0 heterocycles. The quantitative estimate of drug-likeness (QED) is 0.136. The van der Waals surface area contributed by atoms with Crippen LogP contribution in [0.3, 0.4) is 0 Å². The lowest BCUT2D eigenvalue weighted by atomic mass is 9.82. The summed E-state index contributed by atoms with van der Waals surface area (Å²) in [5, 5.41) is 13.9. The van der Waals surface area contributed by atoms with Gasteiger partial charge in [-0.05, 0) is 6.42 Å². The molecule has 0 aliphatic heterocycles. The fourth-order valence-corrected chi connectivity index (χ4v) is 5.75. The average Bonchev–Trinajstić information content (AvgIpc) is 2.85. The highest BCUT2D eigenvalue weighted by molar-refractivity contribution is 7.95. The van der Waals surface area contributed by atoms with Gasteiger partial charge in [0.05, 0.1) is 4.91 Å². The first-order chi connectivity index (χ1) is 17.3. The van der Waals surface area contributed by atoms with Gasteiger partial charge in [-0.25, -0.2) is 0 Å². The van der Waals surface area contributed by atoms with Gasteiger partial charge in [-0.15, -0.1) is 0 Å². The summed E-state index contributed by atoms with van der Waals surface area (Å²) in [6.45, 7) is 2.73. The Kier molecular flexibility index (Phi) is 13.7. The van der Waals surface area contributed by atoms with E-state index in [1.807, 2.05) is 0 Å². The molecule has 7 heteroatoms. The molecule has 2 rings (SSSR count). The van der Waals surface area contributed by atoms with Crippen molar-refractivity contribution in [3.05, 3.63) is 41.5 Å². The minimum Gasteiger partial charge on any atom is -0.375 e. The molecule has 1 aliphatic carbocycles. The molecule has 0 aromatic heterocycles. The monoisotopic (exact) mass is 521 g/mol. The van der Waals surface area contributed by atoms with Crippen LogP contribution in [0.2, 0.25) is 0 Å². The van der Waals surface area contributed by atoms with Crippen LogP contribution in [-0.2, 0) is 20.5 Å². The van der Waals surface area contributed by atoms with Crippen molar-refractivity contribution in [1.82, 2.24) is 5.32 Å². The van der Waals surface area contributed by atoms with Crippen molar-refractivity contribution in [2.45, 2.75) is 122 Å². The molecule has 1 atom stereocenters. The van der Waals surface area contributed by atoms with Gasteiger partial charge in [0.25, 0.3) is 16.0 Å². The highest BCUT2D eigenvalue weighted by atomic mass is 32.2. The predicted molar refractivity (Wildman–Crippen MR) is 147 cm³/mol. The molecule has 0 saturated carbocycles. The number of hydrogen-bond donors (Lipinski definition) is 3. The Morgan fingerprint density at radius 2 is 1.31 bits per heavy atom. The zero-order chi connectivity index (χ0) is 26.3. The normalized spacial score (nSPS) is 17.5. The summed E-state index contributed by atoms with van der Waals surface area (Å²) in [6, 6.07) is 6.27. The zero-order valence-electron chi connectivity index (χ0n) is 22.1. The maximum atomic E-state index is 12.8. The van der Waals surface area contributed by atoms with Crippen LogP contribution >= 0.6 is 0 Å². The van der Waals surface area contributed by atoms with Crippen molar-refractivity contribution in [2.24, 2.45) is 0 Å². The van der Waals surface area contributed by atoms with Crippen molar-refractivity contribution in [2.75, 3.05) is 6.54 Å². The number of nitrogens with one attached hydrogen (secondary N) is 1. The molecule has 0 bridgehead atoms. The van der Waals surface area contributed by atoms with Crippen molar-refractivity contribution in [3.63, 3.8) is 0 Å². The van der Waals surface area contributed by atoms with Crippen LogP contribution in [-0.4, -0.2) is 30.5 Å². The Morgan fingerprint density at radius 1 is 0.833 bits per heavy atom. The smallest absolute Gasteiger partial charge is 0.294 e. The third kappa shape index (κ3) is 9.98. The second-order valence-corrected chi connectivity index (χ2v) is 11.6. The van der Waals surface area contributed by atoms with Crippen LogP contribution < -0.4 is 5.32 Å². The lowest BCUT2D eigenvalue weighted by Gasteiger charge is -2.32. The maximum Gasteiger partial charge on any atom is 0.294 e. The average molecular weight is 522 g/mol. The molecular formula is C29H47NO5S. The fraction of sp³-hybridized carbons (Fsp3) is 0.690. The topological polar surface area (TPSA) is 104 Å². The highest BCUT2D eigenvalue weighted by Crippen LogP contribution is 2.39. The SMILES string of the molecule is CCCCCCCCCCCCCCCCCCNC(=O)C1(O)CC=C(S(=O)(=O)O)c2ccccc21. The molecule has 36 heavy (non-hydrogen) atoms. The van der Waals surface area contributed by atoms with E-state index in [0.717, 1.165) is 19.3 Å². The Hall–Kier alpha value is -1.70. The lowest BCUT2D eigenvalue weighted by molar-refractivity contribution is -0.140. The molecular weight excluding hydrogens is 474 g/mol. The third-order valence-corrected chi connectivity index (χ3v) is 8.13. The molecule has 0 spiro atoms. The van der Waals surface area contributed by atoms with Crippen LogP contribution in [0.1, 0.15) is 127 Å². The summed E-state index contributed by atoms with van der Waals surface area (Å²) >= 11 is 0. The number of aliphatic hydroxyl groups is 1. The largest absolute Gasteiger partial charge is 0.375 e. The van der Waals surface area contributed by atoms with Gasteiger partial charge in [0.1, 0.15) is 0 Å². The molecule has 0 radical (unpaired) electrons. The second kappa shape index (κ2) is 16.2. The Balaban J connectivity index is 1.54. The zero-order valence-corrected chi connectivity index (χ0v) is 23.0. The van der Waals surface area contributed by atoms with Gasteiger partial charge in [0, 0.05) is 24.1 Å². The van der Waals surface area contributed by atoms with Crippen LogP contribution in [0.25, 0.3) is 4.91 Å². The minimum absolute atomic E-state index is 0.159. The Bertz CT molecular complexity index is 927. The van der Waals surface area contributed by atoms with Gasteiger partial charge >= 0.3 is 0 Å². The van der Waals surface area contributed by atoms with Gasteiger partial charge in [0.15, 0.2) is 5.60 Å². The highest BCUT2D eigenvalue weighted by Gasteiger charge is 2.43. The van der Waals surface area contributed by atoms with Gasteiger partial charge in [-0.1, -0.05) is 134 Å².